The minimum atomic E-state index is 0.00515. The van der Waals surface area contributed by atoms with E-state index in [0.717, 1.165) is 42.6 Å². The van der Waals surface area contributed by atoms with Crippen molar-refractivity contribution in [3.8, 4) is 5.75 Å². The van der Waals surface area contributed by atoms with Crippen molar-refractivity contribution in [2.24, 2.45) is 0 Å². The molecule has 1 aromatic carbocycles. The molecule has 2 aliphatic heterocycles. The molecule has 0 unspecified atom stereocenters. The molecule has 0 radical (unpaired) electrons. The highest BCUT2D eigenvalue weighted by molar-refractivity contribution is 14.1. The first kappa shape index (κ1) is 19.4. The summed E-state index contributed by atoms with van der Waals surface area (Å²) in [6.07, 6.45) is 3.47. The first-order valence-electron chi connectivity index (χ1n) is 9.28. The lowest BCUT2D eigenvalue weighted by Crippen LogP contribution is -2.52. The Hall–Kier alpha value is -1.35. The Balaban J connectivity index is 1.38. The van der Waals surface area contributed by atoms with Gasteiger partial charge in [0.15, 0.2) is 6.61 Å². The second-order valence-electron chi connectivity index (χ2n) is 6.84. The van der Waals surface area contributed by atoms with Gasteiger partial charge in [-0.15, -0.1) is 0 Å². The molecular weight excluding hydrogens is 445 g/mol. The number of piperidine rings is 1. The number of halogens is 1. The molecule has 2 fully saturated rings. The van der Waals surface area contributed by atoms with Crippen molar-refractivity contribution in [3.63, 3.8) is 0 Å². The standard InChI is InChI=1S/C19H26IN3O3/c20-16-4-6-17(7-5-16)26-15-19(25)23-12-10-21(11-13-23)14-18(24)22-8-2-1-3-9-22/h4-7H,1-3,8-15H2. The summed E-state index contributed by atoms with van der Waals surface area (Å²) in [5, 5.41) is 0. The van der Waals surface area contributed by atoms with Gasteiger partial charge < -0.3 is 14.5 Å². The van der Waals surface area contributed by atoms with Gasteiger partial charge >= 0.3 is 0 Å². The summed E-state index contributed by atoms with van der Waals surface area (Å²) in [7, 11) is 0. The van der Waals surface area contributed by atoms with Gasteiger partial charge in [0.25, 0.3) is 5.91 Å². The lowest BCUT2D eigenvalue weighted by Gasteiger charge is -2.36. The molecule has 2 heterocycles. The normalized spacial score (nSPS) is 18.7. The fourth-order valence-corrected chi connectivity index (χ4v) is 3.72. The van der Waals surface area contributed by atoms with E-state index in [1.807, 2.05) is 34.1 Å². The fourth-order valence-electron chi connectivity index (χ4n) is 3.36. The highest BCUT2D eigenvalue weighted by Gasteiger charge is 2.24. The second-order valence-corrected chi connectivity index (χ2v) is 8.09. The van der Waals surface area contributed by atoms with Gasteiger partial charge in [0.1, 0.15) is 5.75 Å². The lowest BCUT2D eigenvalue weighted by atomic mass is 10.1. The average Bonchev–Trinajstić information content (AvgIpc) is 2.68. The van der Waals surface area contributed by atoms with Crippen molar-refractivity contribution in [1.29, 1.82) is 0 Å². The van der Waals surface area contributed by atoms with E-state index in [2.05, 4.69) is 27.5 Å². The Morgan fingerprint density at radius 2 is 1.46 bits per heavy atom. The van der Waals surface area contributed by atoms with E-state index in [4.69, 9.17) is 4.74 Å². The molecule has 3 rings (SSSR count). The molecule has 0 aromatic heterocycles. The predicted molar refractivity (Wildman–Crippen MR) is 108 cm³/mol. The van der Waals surface area contributed by atoms with Crippen LogP contribution in [0.3, 0.4) is 0 Å². The number of hydrogen-bond acceptors (Lipinski definition) is 4. The van der Waals surface area contributed by atoms with E-state index < -0.39 is 0 Å². The van der Waals surface area contributed by atoms with Crippen molar-refractivity contribution < 1.29 is 14.3 Å². The fraction of sp³-hybridized carbons (Fsp3) is 0.579. The Morgan fingerprint density at radius 1 is 0.846 bits per heavy atom. The zero-order valence-electron chi connectivity index (χ0n) is 15.0. The SMILES string of the molecule is O=C(COc1ccc(I)cc1)N1CCN(CC(=O)N2CCCCC2)CC1. The predicted octanol–water partition coefficient (Wildman–Crippen LogP) is 1.83. The number of amides is 2. The van der Waals surface area contributed by atoms with Crippen LogP contribution < -0.4 is 4.74 Å². The average molecular weight is 471 g/mol. The maximum Gasteiger partial charge on any atom is 0.260 e. The molecule has 0 bridgehead atoms. The largest absolute Gasteiger partial charge is 0.484 e. The zero-order valence-corrected chi connectivity index (χ0v) is 17.2. The number of carbonyl (C=O) groups excluding carboxylic acids is 2. The molecule has 2 saturated heterocycles. The number of hydrogen-bond donors (Lipinski definition) is 0. The minimum Gasteiger partial charge on any atom is -0.484 e. The third kappa shape index (κ3) is 5.57. The van der Waals surface area contributed by atoms with Crippen molar-refractivity contribution in [3.05, 3.63) is 27.8 Å². The molecule has 0 saturated carbocycles. The Labute approximate surface area is 168 Å². The molecule has 2 aliphatic rings. The van der Waals surface area contributed by atoms with Crippen LogP contribution in [0.5, 0.6) is 5.75 Å². The number of ether oxygens (including phenoxy) is 1. The van der Waals surface area contributed by atoms with Crippen molar-refractivity contribution in [2.45, 2.75) is 19.3 Å². The summed E-state index contributed by atoms with van der Waals surface area (Å²) in [5.41, 5.74) is 0. The third-order valence-electron chi connectivity index (χ3n) is 4.97. The number of likely N-dealkylation sites (tertiary alicyclic amines) is 1. The topological polar surface area (TPSA) is 53.1 Å². The van der Waals surface area contributed by atoms with Gasteiger partial charge in [-0.2, -0.15) is 0 Å². The van der Waals surface area contributed by atoms with Gasteiger partial charge in [0, 0.05) is 42.8 Å². The first-order chi connectivity index (χ1) is 12.6. The summed E-state index contributed by atoms with van der Waals surface area (Å²) in [4.78, 5) is 30.6. The Bertz CT molecular complexity index is 609. The van der Waals surface area contributed by atoms with Crippen LogP contribution in [-0.4, -0.2) is 78.9 Å². The highest BCUT2D eigenvalue weighted by atomic mass is 127. The number of carbonyl (C=O) groups is 2. The van der Waals surface area contributed by atoms with E-state index in [1.165, 1.54) is 6.42 Å². The summed E-state index contributed by atoms with van der Waals surface area (Å²) in [5.74, 6) is 0.946. The summed E-state index contributed by atoms with van der Waals surface area (Å²) in [6, 6.07) is 7.66. The van der Waals surface area contributed by atoms with Crippen LogP contribution in [0.2, 0.25) is 0 Å². The van der Waals surface area contributed by atoms with E-state index >= 15 is 0 Å². The Morgan fingerprint density at radius 3 is 2.12 bits per heavy atom. The molecule has 2 amide bonds. The molecule has 0 aliphatic carbocycles. The van der Waals surface area contributed by atoms with E-state index in [1.54, 1.807) is 0 Å². The number of piperazine rings is 1. The molecule has 1 aromatic rings. The maximum atomic E-state index is 12.3. The number of nitrogens with zero attached hydrogens (tertiary/aromatic N) is 3. The van der Waals surface area contributed by atoms with Gasteiger partial charge in [-0.3, -0.25) is 14.5 Å². The number of rotatable bonds is 5. The van der Waals surface area contributed by atoms with Crippen LogP contribution in [-0.2, 0) is 9.59 Å². The molecular formula is C19H26IN3O3. The second kappa shape index (κ2) is 9.55. The van der Waals surface area contributed by atoms with Gasteiger partial charge in [-0.25, -0.2) is 0 Å². The van der Waals surface area contributed by atoms with Crippen LogP contribution in [0.4, 0.5) is 0 Å². The maximum absolute atomic E-state index is 12.3. The van der Waals surface area contributed by atoms with Crippen LogP contribution >= 0.6 is 22.6 Å². The monoisotopic (exact) mass is 471 g/mol. The quantitative estimate of drug-likeness (QED) is 0.616. The first-order valence-corrected chi connectivity index (χ1v) is 10.4. The highest BCUT2D eigenvalue weighted by Crippen LogP contribution is 2.14. The van der Waals surface area contributed by atoms with Gasteiger partial charge in [-0.05, 0) is 66.1 Å². The van der Waals surface area contributed by atoms with Crippen molar-refractivity contribution >= 4 is 34.4 Å². The van der Waals surface area contributed by atoms with Gasteiger partial charge in [-0.1, -0.05) is 0 Å². The Kier molecular flexibility index (Phi) is 7.13. The zero-order chi connectivity index (χ0) is 18.4. The third-order valence-corrected chi connectivity index (χ3v) is 5.69. The molecule has 7 heteroatoms. The van der Waals surface area contributed by atoms with Crippen molar-refractivity contribution in [2.75, 3.05) is 52.4 Å². The lowest BCUT2D eigenvalue weighted by molar-refractivity contribution is -0.136. The van der Waals surface area contributed by atoms with Crippen molar-refractivity contribution in [1.82, 2.24) is 14.7 Å². The van der Waals surface area contributed by atoms with Gasteiger partial charge in [0.05, 0.1) is 6.54 Å². The molecule has 0 spiro atoms. The molecule has 6 nitrogen and oxygen atoms in total. The molecule has 142 valence electrons. The number of benzene rings is 1. The molecule has 0 atom stereocenters. The smallest absolute Gasteiger partial charge is 0.260 e. The summed E-state index contributed by atoms with van der Waals surface area (Å²) in [6.45, 7) is 5.13. The van der Waals surface area contributed by atoms with E-state index in [0.29, 0.717) is 25.4 Å². The van der Waals surface area contributed by atoms with Crippen LogP contribution in [0.1, 0.15) is 19.3 Å². The van der Waals surface area contributed by atoms with Crippen LogP contribution in [0.15, 0.2) is 24.3 Å². The van der Waals surface area contributed by atoms with Gasteiger partial charge in [0.2, 0.25) is 5.91 Å². The van der Waals surface area contributed by atoms with E-state index in [-0.39, 0.29) is 18.4 Å². The molecule has 26 heavy (non-hydrogen) atoms. The van der Waals surface area contributed by atoms with E-state index in [9.17, 15) is 9.59 Å². The van der Waals surface area contributed by atoms with Crippen LogP contribution in [0.25, 0.3) is 0 Å². The summed E-state index contributed by atoms with van der Waals surface area (Å²) < 4.78 is 6.71. The minimum absolute atomic E-state index is 0.00515. The summed E-state index contributed by atoms with van der Waals surface area (Å²) >= 11 is 2.24. The van der Waals surface area contributed by atoms with Crippen LogP contribution in [0, 0.1) is 3.57 Å². The molecule has 0 N–H and O–H groups in total.